The Morgan fingerprint density at radius 2 is 2.05 bits per heavy atom. The fraction of sp³-hybridized carbons (Fsp3) is 0.500. The van der Waals surface area contributed by atoms with Crippen molar-refractivity contribution in [3.8, 4) is 0 Å². The van der Waals surface area contributed by atoms with Crippen LogP contribution in [0.15, 0.2) is 30.6 Å². The van der Waals surface area contributed by atoms with Gasteiger partial charge in [-0.25, -0.2) is 9.97 Å². The molecule has 0 saturated heterocycles. The van der Waals surface area contributed by atoms with Crippen molar-refractivity contribution in [2.45, 2.75) is 39.2 Å². The van der Waals surface area contributed by atoms with Crippen LogP contribution in [0, 0.1) is 11.8 Å². The second-order valence-electron chi connectivity index (χ2n) is 5.60. The van der Waals surface area contributed by atoms with Gasteiger partial charge in [0.15, 0.2) is 0 Å². The van der Waals surface area contributed by atoms with E-state index in [9.17, 15) is 0 Å². The van der Waals surface area contributed by atoms with Crippen molar-refractivity contribution in [2.24, 2.45) is 11.8 Å². The van der Waals surface area contributed by atoms with Crippen LogP contribution in [0.4, 0.5) is 5.82 Å². The van der Waals surface area contributed by atoms with Gasteiger partial charge in [0, 0.05) is 11.4 Å². The highest BCUT2D eigenvalue weighted by molar-refractivity contribution is 5.88. The Morgan fingerprint density at radius 3 is 2.84 bits per heavy atom. The summed E-state index contributed by atoms with van der Waals surface area (Å²) >= 11 is 0. The number of fused-ring (bicyclic) bond motifs is 1. The maximum absolute atomic E-state index is 4.43. The average Bonchev–Trinajstić information content (AvgIpc) is 2.80. The molecule has 1 heterocycles. The summed E-state index contributed by atoms with van der Waals surface area (Å²) in [5, 5.41) is 4.77. The molecule has 1 N–H and O–H groups in total. The van der Waals surface area contributed by atoms with E-state index >= 15 is 0 Å². The number of hydrogen-bond acceptors (Lipinski definition) is 3. The maximum Gasteiger partial charge on any atom is 0.137 e. The molecular formula is C16H21N3. The molecule has 3 nitrogen and oxygen atoms in total. The molecule has 1 aromatic heterocycles. The third-order valence-corrected chi connectivity index (χ3v) is 4.62. The Balaban J connectivity index is 1.86. The van der Waals surface area contributed by atoms with Gasteiger partial charge in [0.1, 0.15) is 12.1 Å². The van der Waals surface area contributed by atoms with Crippen molar-refractivity contribution in [1.82, 2.24) is 9.97 Å². The van der Waals surface area contributed by atoms with Crippen LogP contribution in [0.3, 0.4) is 0 Å². The molecule has 1 aromatic carbocycles. The molecule has 100 valence electrons. The predicted molar refractivity (Wildman–Crippen MR) is 79.1 cm³/mol. The van der Waals surface area contributed by atoms with E-state index in [0.29, 0.717) is 6.04 Å². The van der Waals surface area contributed by atoms with E-state index in [0.717, 1.165) is 28.6 Å². The van der Waals surface area contributed by atoms with Crippen molar-refractivity contribution >= 4 is 16.7 Å². The zero-order valence-corrected chi connectivity index (χ0v) is 11.6. The minimum absolute atomic E-state index is 0.545. The lowest BCUT2D eigenvalue weighted by molar-refractivity contribution is 0.391. The van der Waals surface area contributed by atoms with Crippen LogP contribution in [-0.4, -0.2) is 16.0 Å². The van der Waals surface area contributed by atoms with Gasteiger partial charge in [0.25, 0.3) is 0 Å². The van der Waals surface area contributed by atoms with Crippen molar-refractivity contribution < 1.29 is 0 Å². The summed E-state index contributed by atoms with van der Waals surface area (Å²) < 4.78 is 0. The van der Waals surface area contributed by atoms with Gasteiger partial charge >= 0.3 is 0 Å². The zero-order valence-electron chi connectivity index (χ0n) is 11.6. The van der Waals surface area contributed by atoms with Gasteiger partial charge in [-0.2, -0.15) is 0 Å². The fourth-order valence-corrected chi connectivity index (χ4v) is 3.32. The summed E-state index contributed by atoms with van der Waals surface area (Å²) in [4.78, 5) is 8.75. The third-order valence-electron chi connectivity index (χ3n) is 4.62. The van der Waals surface area contributed by atoms with Crippen molar-refractivity contribution in [3.05, 3.63) is 30.6 Å². The van der Waals surface area contributed by atoms with Crippen LogP contribution in [0.5, 0.6) is 0 Å². The quantitative estimate of drug-likeness (QED) is 0.904. The van der Waals surface area contributed by atoms with E-state index in [4.69, 9.17) is 0 Å². The topological polar surface area (TPSA) is 37.8 Å². The lowest BCUT2D eigenvalue weighted by Gasteiger charge is -2.22. The minimum atomic E-state index is 0.545. The van der Waals surface area contributed by atoms with Crippen LogP contribution in [0.25, 0.3) is 10.9 Å². The molecule has 1 aliphatic carbocycles. The monoisotopic (exact) mass is 255 g/mol. The van der Waals surface area contributed by atoms with Crippen molar-refractivity contribution in [3.63, 3.8) is 0 Å². The summed E-state index contributed by atoms with van der Waals surface area (Å²) in [5.41, 5.74) is 1.01. The van der Waals surface area contributed by atoms with Gasteiger partial charge in [-0.05, 0) is 36.8 Å². The summed E-state index contributed by atoms with van der Waals surface area (Å²) in [6, 6.07) is 8.74. The van der Waals surface area contributed by atoms with Gasteiger partial charge in [0.2, 0.25) is 0 Å². The van der Waals surface area contributed by atoms with E-state index in [1.807, 2.05) is 18.2 Å². The molecule has 0 aliphatic heterocycles. The molecule has 1 aliphatic rings. The van der Waals surface area contributed by atoms with E-state index in [2.05, 4.69) is 35.2 Å². The predicted octanol–water partition coefficient (Wildman–Crippen LogP) is 3.87. The lowest BCUT2D eigenvalue weighted by Crippen LogP contribution is -2.25. The highest BCUT2D eigenvalue weighted by Gasteiger charge is 2.31. The van der Waals surface area contributed by atoms with Crippen LogP contribution in [0.2, 0.25) is 0 Å². The fourth-order valence-electron chi connectivity index (χ4n) is 3.32. The molecule has 0 amide bonds. The van der Waals surface area contributed by atoms with E-state index in [1.54, 1.807) is 6.33 Å². The SMILES string of the molecule is CCC1CCC(Nc2ncnc3ccccc23)C1C. The first-order valence-corrected chi connectivity index (χ1v) is 7.26. The molecule has 3 heteroatoms. The molecule has 3 unspecified atom stereocenters. The first-order chi connectivity index (χ1) is 9.29. The Kier molecular flexibility index (Phi) is 3.36. The van der Waals surface area contributed by atoms with Crippen LogP contribution in [-0.2, 0) is 0 Å². The molecule has 3 atom stereocenters. The first kappa shape index (κ1) is 12.4. The second-order valence-corrected chi connectivity index (χ2v) is 5.60. The van der Waals surface area contributed by atoms with Gasteiger partial charge in [-0.15, -0.1) is 0 Å². The van der Waals surface area contributed by atoms with Gasteiger partial charge in [-0.1, -0.05) is 32.4 Å². The van der Waals surface area contributed by atoms with Gasteiger partial charge in [-0.3, -0.25) is 0 Å². The Bertz CT molecular complexity index is 561. The Labute approximate surface area is 114 Å². The minimum Gasteiger partial charge on any atom is -0.366 e. The number of nitrogens with zero attached hydrogens (tertiary/aromatic N) is 2. The molecule has 1 fully saturated rings. The highest BCUT2D eigenvalue weighted by Crippen LogP contribution is 2.36. The number of benzene rings is 1. The molecule has 0 bridgehead atoms. The average molecular weight is 255 g/mol. The molecule has 19 heavy (non-hydrogen) atoms. The number of nitrogens with one attached hydrogen (secondary N) is 1. The zero-order chi connectivity index (χ0) is 13.2. The molecular weight excluding hydrogens is 234 g/mol. The number of aromatic nitrogens is 2. The third kappa shape index (κ3) is 2.29. The number of rotatable bonds is 3. The largest absolute Gasteiger partial charge is 0.366 e. The first-order valence-electron chi connectivity index (χ1n) is 7.26. The maximum atomic E-state index is 4.43. The van der Waals surface area contributed by atoms with Crippen molar-refractivity contribution in [2.75, 3.05) is 5.32 Å². The van der Waals surface area contributed by atoms with Crippen molar-refractivity contribution in [1.29, 1.82) is 0 Å². The van der Waals surface area contributed by atoms with E-state index in [1.165, 1.54) is 19.3 Å². The van der Waals surface area contributed by atoms with Crippen LogP contribution in [0.1, 0.15) is 33.1 Å². The molecule has 0 radical (unpaired) electrons. The number of anilines is 1. The van der Waals surface area contributed by atoms with Gasteiger partial charge in [0.05, 0.1) is 5.52 Å². The van der Waals surface area contributed by atoms with E-state index < -0.39 is 0 Å². The Morgan fingerprint density at radius 1 is 1.21 bits per heavy atom. The summed E-state index contributed by atoms with van der Waals surface area (Å²) in [7, 11) is 0. The summed E-state index contributed by atoms with van der Waals surface area (Å²) in [5.74, 6) is 2.56. The van der Waals surface area contributed by atoms with Crippen LogP contribution < -0.4 is 5.32 Å². The molecule has 0 spiro atoms. The summed E-state index contributed by atoms with van der Waals surface area (Å²) in [6.07, 6.45) is 5.52. The Hall–Kier alpha value is -1.64. The molecule has 1 saturated carbocycles. The second kappa shape index (κ2) is 5.16. The van der Waals surface area contributed by atoms with Crippen LogP contribution >= 0.6 is 0 Å². The smallest absolute Gasteiger partial charge is 0.137 e. The molecule has 3 rings (SSSR count). The van der Waals surface area contributed by atoms with E-state index in [-0.39, 0.29) is 0 Å². The lowest BCUT2D eigenvalue weighted by atomic mass is 9.93. The molecule has 2 aromatic rings. The standard InChI is InChI=1S/C16H21N3/c1-3-12-8-9-14(11(12)2)19-16-13-6-4-5-7-15(13)17-10-18-16/h4-7,10-12,14H,3,8-9H2,1-2H3,(H,17,18,19). The highest BCUT2D eigenvalue weighted by atomic mass is 15.0. The number of para-hydroxylation sites is 1. The normalized spacial score (nSPS) is 26.7. The number of hydrogen-bond donors (Lipinski definition) is 1. The summed E-state index contributed by atoms with van der Waals surface area (Å²) in [6.45, 7) is 4.66. The van der Waals surface area contributed by atoms with Gasteiger partial charge < -0.3 is 5.32 Å².